The predicted octanol–water partition coefficient (Wildman–Crippen LogP) is 5.01. The van der Waals surface area contributed by atoms with Gasteiger partial charge in [-0.2, -0.15) is 5.10 Å². The lowest BCUT2D eigenvalue weighted by Gasteiger charge is -2.13. The van der Waals surface area contributed by atoms with Crippen molar-refractivity contribution in [3.8, 4) is 28.7 Å². The minimum Gasteiger partial charge on any atom is -0.493 e. The molecule has 0 aliphatic rings. The van der Waals surface area contributed by atoms with Gasteiger partial charge in [-0.1, -0.05) is 23.2 Å². The molecule has 0 aliphatic heterocycles. The number of rotatable bonds is 9. The van der Waals surface area contributed by atoms with Crippen molar-refractivity contribution in [1.29, 1.82) is 0 Å². The molecule has 3 aromatic rings. The van der Waals surface area contributed by atoms with Crippen molar-refractivity contribution in [2.24, 2.45) is 5.10 Å². The summed E-state index contributed by atoms with van der Waals surface area (Å²) >= 11 is 11.9. The van der Waals surface area contributed by atoms with Crippen molar-refractivity contribution < 1.29 is 33.3 Å². The third kappa shape index (κ3) is 6.18. The van der Waals surface area contributed by atoms with Crippen LogP contribution in [-0.4, -0.2) is 46.5 Å². The van der Waals surface area contributed by atoms with E-state index in [-0.39, 0.29) is 27.6 Å². The number of benzene rings is 3. The predicted molar refractivity (Wildman–Crippen MR) is 136 cm³/mol. The minimum atomic E-state index is -0.672. The average molecular weight is 533 g/mol. The summed E-state index contributed by atoms with van der Waals surface area (Å²) in [4.78, 5) is 25.1. The highest BCUT2D eigenvalue weighted by molar-refractivity contribution is 6.36. The molecule has 0 radical (unpaired) electrons. The molecule has 188 valence electrons. The number of methoxy groups -OCH3 is 4. The van der Waals surface area contributed by atoms with Crippen LogP contribution in [-0.2, 0) is 0 Å². The maximum Gasteiger partial charge on any atom is 0.345 e. The normalized spacial score (nSPS) is 10.6. The van der Waals surface area contributed by atoms with Crippen molar-refractivity contribution in [1.82, 2.24) is 5.43 Å². The zero-order chi connectivity index (χ0) is 26.2. The van der Waals surface area contributed by atoms with E-state index in [9.17, 15) is 9.59 Å². The van der Waals surface area contributed by atoms with E-state index in [4.69, 9.17) is 46.9 Å². The fourth-order valence-electron chi connectivity index (χ4n) is 3.10. The number of carbonyl (C=O) groups is 2. The molecule has 0 bridgehead atoms. The van der Waals surface area contributed by atoms with Gasteiger partial charge in [0, 0.05) is 10.6 Å². The molecule has 0 fully saturated rings. The highest BCUT2D eigenvalue weighted by Gasteiger charge is 2.18. The number of ether oxygens (including phenoxy) is 5. The first-order chi connectivity index (χ1) is 17.3. The van der Waals surface area contributed by atoms with Gasteiger partial charge in [-0.05, 0) is 54.1 Å². The first-order valence-corrected chi connectivity index (χ1v) is 11.1. The highest BCUT2D eigenvalue weighted by Crippen LogP contribution is 2.38. The standard InChI is InChI=1S/C25H22Cl2N2O7/c1-32-20-9-14(5-8-19(20)36-25(31)17-7-6-16(26)12-18(17)27)13-28-29-24(30)15-10-21(33-2)23(35-4)22(11-15)34-3/h5-13H,1-4H3,(H,29,30)/b28-13-. The van der Waals surface area contributed by atoms with Crippen LogP contribution < -0.4 is 29.1 Å². The lowest BCUT2D eigenvalue weighted by molar-refractivity contribution is 0.0729. The van der Waals surface area contributed by atoms with E-state index in [2.05, 4.69) is 10.5 Å². The minimum absolute atomic E-state index is 0.156. The Hall–Kier alpha value is -3.95. The smallest absolute Gasteiger partial charge is 0.345 e. The van der Waals surface area contributed by atoms with E-state index in [0.29, 0.717) is 27.8 Å². The molecule has 0 unspecified atom stereocenters. The lowest BCUT2D eigenvalue weighted by atomic mass is 10.1. The topological polar surface area (TPSA) is 105 Å². The molecule has 0 atom stereocenters. The molecule has 3 aromatic carbocycles. The van der Waals surface area contributed by atoms with Crippen molar-refractivity contribution >= 4 is 41.3 Å². The molecular weight excluding hydrogens is 511 g/mol. The summed E-state index contributed by atoms with van der Waals surface area (Å²) in [7, 11) is 5.80. The van der Waals surface area contributed by atoms with Crippen LogP contribution >= 0.6 is 23.2 Å². The summed E-state index contributed by atoms with van der Waals surface area (Å²) in [6, 6.07) is 12.2. The average Bonchev–Trinajstić information content (AvgIpc) is 2.88. The molecule has 0 spiro atoms. The Kier molecular flexibility index (Phi) is 8.99. The van der Waals surface area contributed by atoms with E-state index in [1.807, 2.05) is 0 Å². The molecule has 9 nitrogen and oxygen atoms in total. The van der Waals surface area contributed by atoms with Crippen molar-refractivity contribution in [2.45, 2.75) is 0 Å². The number of amides is 1. The van der Waals surface area contributed by atoms with Crippen LogP contribution in [0.15, 0.2) is 53.6 Å². The summed E-state index contributed by atoms with van der Waals surface area (Å²) in [6.45, 7) is 0. The number of hydrogen-bond acceptors (Lipinski definition) is 8. The summed E-state index contributed by atoms with van der Waals surface area (Å²) in [5.41, 5.74) is 3.41. The van der Waals surface area contributed by atoms with Gasteiger partial charge in [0.25, 0.3) is 5.91 Å². The van der Waals surface area contributed by atoms with Gasteiger partial charge in [0.05, 0.1) is 45.2 Å². The second kappa shape index (κ2) is 12.1. The highest BCUT2D eigenvalue weighted by atomic mass is 35.5. The zero-order valence-corrected chi connectivity index (χ0v) is 21.3. The quantitative estimate of drug-likeness (QED) is 0.178. The number of halogens is 2. The van der Waals surface area contributed by atoms with E-state index < -0.39 is 11.9 Å². The lowest BCUT2D eigenvalue weighted by Crippen LogP contribution is -2.18. The Bertz CT molecular complexity index is 1290. The second-order valence-electron chi connectivity index (χ2n) is 7.04. The summed E-state index contributed by atoms with van der Waals surface area (Å²) in [6.07, 6.45) is 1.40. The largest absolute Gasteiger partial charge is 0.493 e. The van der Waals surface area contributed by atoms with Crippen LogP contribution in [0.1, 0.15) is 26.3 Å². The molecule has 1 amide bonds. The number of hydrazone groups is 1. The third-order valence-corrected chi connectivity index (χ3v) is 5.40. The molecular formula is C25H22Cl2N2O7. The second-order valence-corrected chi connectivity index (χ2v) is 7.88. The molecule has 0 saturated carbocycles. The van der Waals surface area contributed by atoms with Crippen molar-refractivity contribution in [3.63, 3.8) is 0 Å². The first kappa shape index (κ1) is 26.7. The van der Waals surface area contributed by atoms with E-state index >= 15 is 0 Å². The maximum absolute atomic E-state index is 12.6. The molecule has 0 saturated heterocycles. The molecule has 0 aromatic heterocycles. The molecule has 36 heavy (non-hydrogen) atoms. The summed E-state index contributed by atoms with van der Waals surface area (Å²) in [5.74, 6) is 0.310. The fraction of sp³-hybridized carbons (Fsp3) is 0.160. The van der Waals surface area contributed by atoms with Gasteiger partial charge in [0.1, 0.15) is 0 Å². The number of hydrogen-bond donors (Lipinski definition) is 1. The number of nitrogens with zero attached hydrogens (tertiary/aromatic N) is 1. The van der Waals surface area contributed by atoms with Crippen LogP contribution in [0.3, 0.4) is 0 Å². The fourth-order valence-corrected chi connectivity index (χ4v) is 3.59. The zero-order valence-electron chi connectivity index (χ0n) is 19.8. The Morgan fingerprint density at radius 1 is 0.806 bits per heavy atom. The number of esters is 1. The molecule has 3 rings (SSSR count). The molecule has 0 aliphatic carbocycles. The number of carbonyl (C=O) groups excluding carboxylic acids is 2. The Labute approximate surface area is 217 Å². The monoisotopic (exact) mass is 532 g/mol. The van der Waals surface area contributed by atoms with Crippen molar-refractivity contribution in [2.75, 3.05) is 28.4 Å². The van der Waals surface area contributed by atoms with Crippen LogP contribution in [0, 0.1) is 0 Å². The van der Waals surface area contributed by atoms with E-state index in [1.165, 1.54) is 71.1 Å². The Morgan fingerprint density at radius 2 is 1.47 bits per heavy atom. The first-order valence-electron chi connectivity index (χ1n) is 10.3. The van der Waals surface area contributed by atoms with Crippen LogP contribution in [0.2, 0.25) is 10.0 Å². The summed E-state index contributed by atoms with van der Waals surface area (Å²) < 4.78 is 26.5. The Balaban J connectivity index is 1.72. The van der Waals surface area contributed by atoms with Crippen LogP contribution in [0.25, 0.3) is 0 Å². The van der Waals surface area contributed by atoms with Crippen LogP contribution in [0.4, 0.5) is 0 Å². The molecule has 0 heterocycles. The molecule has 11 heteroatoms. The van der Waals surface area contributed by atoms with E-state index in [0.717, 1.165) is 0 Å². The van der Waals surface area contributed by atoms with Gasteiger partial charge in [-0.15, -0.1) is 0 Å². The van der Waals surface area contributed by atoms with Gasteiger partial charge in [0.2, 0.25) is 5.75 Å². The van der Waals surface area contributed by atoms with Crippen LogP contribution in [0.5, 0.6) is 28.7 Å². The van der Waals surface area contributed by atoms with Gasteiger partial charge in [0.15, 0.2) is 23.0 Å². The Morgan fingerprint density at radius 3 is 2.06 bits per heavy atom. The maximum atomic E-state index is 12.6. The van der Waals surface area contributed by atoms with Crippen molar-refractivity contribution in [3.05, 3.63) is 75.3 Å². The van der Waals surface area contributed by atoms with Gasteiger partial charge in [-0.25, -0.2) is 10.2 Å². The SMILES string of the molecule is COc1cc(/C=N\NC(=O)c2cc(OC)c(OC)c(OC)c2)ccc1OC(=O)c1ccc(Cl)cc1Cl. The van der Waals surface area contributed by atoms with Gasteiger partial charge in [-0.3, -0.25) is 4.79 Å². The summed E-state index contributed by atoms with van der Waals surface area (Å²) in [5, 5.41) is 4.54. The van der Waals surface area contributed by atoms with E-state index in [1.54, 1.807) is 12.1 Å². The molecule has 1 N–H and O–H groups in total. The van der Waals surface area contributed by atoms with Gasteiger partial charge < -0.3 is 23.7 Å². The van der Waals surface area contributed by atoms with Gasteiger partial charge >= 0.3 is 5.97 Å². The third-order valence-electron chi connectivity index (χ3n) is 4.85. The number of nitrogens with one attached hydrogen (secondary N) is 1.